The Labute approximate surface area is 90.4 Å². The van der Waals surface area contributed by atoms with E-state index >= 15 is 0 Å². The Bertz CT molecular complexity index is 172. The Balaban J connectivity index is 1.94. The van der Waals surface area contributed by atoms with Crippen LogP contribution in [0.2, 0.25) is 0 Å². The molecule has 1 aliphatic heterocycles. The molecule has 0 spiro atoms. The fourth-order valence-electron chi connectivity index (χ4n) is 1.41. The van der Waals surface area contributed by atoms with E-state index < -0.39 is 0 Å². The highest BCUT2D eigenvalue weighted by molar-refractivity contribution is 7.81. The molecule has 14 heavy (non-hydrogen) atoms. The fraction of sp³-hybridized carbons (Fsp3) is 0.889. The van der Waals surface area contributed by atoms with Crippen molar-refractivity contribution in [2.75, 3.05) is 45.1 Å². The molecule has 1 heterocycles. The molecule has 1 aliphatic rings. The van der Waals surface area contributed by atoms with Gasteiger partial charge in [0.05, 0.1) is 19.0 Å². The zero-order valence-corrected chi connectivity index (χ0v) is 9.26. The van der Waals surface area contributed by atoms with E-state index in [9.17, 15) is 4.79 Å². The molecule has 0 bridgehead atoms. The second-order valence-electron chi connectivity index (χ2n) is 3.32. The van der Waals surface area contributed by atoms with Gasteiger partial charge < -0.3 is 10.1 Å². The van der Waals surface area contributed by atoms with E-state index in [-0.39, 0.29) is 11.7 Å². The second-order valence-corrected chi connectivity index (χ2v) is 3.63. The lowest BCUT2D eigenvalue weighted by Gasteiger charge is -2.26. The third kappa shape index (κ3) is 4.83. The first-order valence-corrected chi connectivity index (χ1v) is 5.64. The van der Waals surface area contributed by atoms with E-state index in [1.54, 1.807) is 0 Å². The molecule has 0 aromatic heterocycles. The normalized spacial score (nSPS) is 18.1. The van der Waals surface area contributed by atoms with Crippen LogP contribution in [-0.4, -0.2) is 56.0 Å². The molecule has 1 amide bonds. The van der Waals surface area contributed by atoms with E-state index in [1.807, 2.05) is 0 Å². The summed E-state index contributed by atoms with van der Waals surface area (Å²) >= 11 is 3.88. The number of nitrogens with one attached hydrogen (secondary N) is 1. The molecule has 82 valence electrons. The highest BCUT2D eigenvalue weighted by Gasteiger charge is 2.09. The number of morpholine rings is 1. The van der Waals surface area contributed by atoms with E-state index in [0.29, 0.717) is 0 Å². The minimum Gasteiger partial charge on any atom is -0.379 e. The number of carbonyl (C=O) groups excluding carboxylic acids is 1. The first-order valence-electron chi connectivity index (χ1n) is 5.00. The largest absolute Gasteiger partial charge is 0.379 e. The van der Waals surface area contributed by atoms with Crippen molar-refractivity contribution in [1.29, 1.82) is 0 Å². The van der Waals surface area contributed by atoms with Gasteiger partial charge in [0.15, 0.2) is 0 Å². The van der Waals surface area contributed by atoms with Crippen molar-refractivity contribution in [3.63, 3.8) is 0 Å². The summed E-state index contributed by atoms with van der Waals surface area (Å²) in [7, 11) is 0. The van der Waals surface area contributed by atoms with Crippen molar-refractivity contribution in [2.45, 2.75) is 6.42 Å². The van der Waals surface area contributed by atoms with Crippen molar-refractivity contribution >= 4 is 18.5 Å². The van der Waals surface area contributed by atoms with Gasteiger partial charge in [-0.05, 0) is 13.0 Å². The fourth-order valence-corrected chi connectivity index (χ4v) is 1.52. The summed E-state index contributed by atoms with van der Waals surface area (Å²) in [5.41, 5.74) is 0. The molecule has 4 nitrogen and oxygen atoms in total. The molecule has 1 N–H and O–H groups in total. The van der Waals surface area contributed by atoms with Gasteiger partial charge in [-0.2, -0.15) is 12.6 Å². The summed E-state index contributed by atoms with van der Waals surface area (Å²) in [6.07, 6.45) is 1.000. The van der Waals surface area contributed by atoms with Crippen LogP contribution >= 0.6 is 12.6 Å². The van der Waals surface area contributed by atoms with Crippen molar-refractivity contribution < 1.29 is 9.53 Å². The van der Waals surface area contributed by atoms with Gasteiger partial charge in [0.2, 0.25) is 5.91 Å². The third-order valence-electron chi connectivity index (χ3n) is 2.22. The molecule has 0 saturated carbocycles. The van der Waals surface area contributed by atoms with Gasteiger partial charge in [-0.15, -0.1) is 0 Å². The first-order chi connectivity index (χ1) is 6.83. The number of thiol groups is 1. The average molecular weight is 218 g/mol. The lowest BCUT2D eigenvalue weighted by Crippen LogP contribution is -2.38. The van der Waals surface area contributed by atoms with Crippen LogP contribution in [0, 0.1) is 0 Å². The molecule has 0 radical (unpaired) electrons. The molecule has 5 heteroatoms. The Morgan fingerprint density at radius 1 is 1.43 bits per heavy atom. The summed E-state index contributed by atoms with van der Waals surface area (Å²) < 4.78 is 5.24. The maximum atomic E-state index is 10.8. The lowest BCUT2D eigenvalue weighted by molar-refractivity contribution is -0.118. The number of ether oxygens (including phenoxy) is 1. The van der Waals surface area contributed by atoms with Crippen LogP contribution < -0.4 is 5.32 Å². The maximum absolute atomic E-state index is 10.8. The van der Waals surface area contributed by atoms with Crippen LogP contribution in [0.3, 0.4) is 0 Å². The minimum absolute atomic E-state index is 0.00955. The van der Waals surface area contributed by atoms with Gasteiger partial charge in [0.25, 0.3) is 0 Å². The Morgan fingerprint density at radius 3 is 2.79 bits per heavy atom. The zero-order valence-electron chi connectivity index (χ0n) is 8.37. The summed E-state index contributed by atoms with van der Waals surface area (Å²) in [6.45, 7) is 5.49. The van der Waals surface area contributed by atoms with Crippen molar-refractivity contribution in [1.82, 2.24) is 10.2 Å². The maximum Gasteiger partial charge on any atom is 0.229 e. The molecular formula is C9H18N2O2S. The minimum atomic E-state index is 0.00955. The standard InChI is InChI=1S/C9H18N2O2S/c12-9(8-14)10-2-1-3-11-4-6-13-7-5-11/h14H,1-8H2,(H,10,12). The lowest BCUT2D eigenvalue weighted by atomic mass is 10.3. The van der Waals surface area contributed by atoms with Crippen molar-refractivity contribution in [3.8, 4) is 0 Å². The van der Waals surface area contributed by atoms with Crippen LogP contribution in [0.25, 0.3) is 0 Å². The van der Waals surface area contributed by atoms with E-state index in [2.05, 4.69) is 22.8 Å². The number of rotatable bonds is 5. The van der Waals surface area contributed by atoms with E-state index in [1.165, 1.54) is 0 Å². The van der Waals surface area contributed by atoms with E-state index in [4.69, 9.17) is 4.74 Å². The smallest absolute Gasteiger partial charge is 0.229 e. The molecule has 0 aromatic carbocycles. The number of amides is 1. The Hall–Kier alpha value is -0.260. The average Bonchev–Trinajstić information content (AvgIpc) is 2.25. The van der Waals surface area contributed by atoms with Gasteiger partial charge in [0.1, 0.15) is 0 Å². The monoisotopic (exact) mass is 218 g/mol. The predicted octanol–water partition coefficient (Wildman–Crippen LogP) is -0.245. The van der Waals surface area contributed by atoms with Gasteiger partial charge >= 0.3 is 0 Å². The molecule has 1 fully saturated rings. The molecule has 0 unspecified atom stereocenters. The quantitative estimate of drug-likeness (QED) is 0.494. The second kappa shape index (κ2) is 7.09. The molecule has 1 rings (SSSR count). The highest BCUT2D eigenvalue weighted by Crippen LogP contribution is 1.97. The van der Waals surface area contributed by atoms with Gasteiger partial charge in [-0.3, -0.25) is 9.69 Å². The zero-order chi connectivity index (χ0) is 10.2. The van der Waals surface area contributed by atoms with Crippen molar-refractivity contribution in [3.05, 3.63) is 0 Å². The van der Waals surface area contributed by atoms with Crippen LogP contribution in [0.15, 0.2) is 0 Å². The molecule has 0 aromatic rings. The van der Waals surface area contributed by atoms with Gasteiger partial charge in [-0.25, -0.2) is 0 Å². The van der Waals surface area contributed by atoms with E-state index in [0.717, 1.165) is 45.8 Å². The number of nitrogens with zero attached hydrogens (tertiary/aromatic N) is 1. The summed E-state index contributed by atoms with van der Waals surface area (Å²) in [4.78, 5) is 13.2. The van der Waals surface area contributed by atoms with Crippen LogP contribution in [0.4, 0.5) is 0 Å². The van der Waals surface area contributed by atoms with Crippen molar-refractivity contribution in [2.24, 2.45) is 0 Å². The number of carbonyl (C=O) groups is 1. The predicted molar refractivity (Wildman–Crippen MR) is 58.7 cm³/mol. The molecule has 1 saturated heterocycles. The summed E-state index contributed by atoms with van der Waals surface area (Å²) in [6, 6.07) is 0. The number of hydrogen-bond acceptors (Lipinski definition) is 4. The topological polar surface area (TPSA) is 41.6 Å². The van der Waals surface area contributed by atoms with Crippen LogP contribution in [-0.2, 0) is 9.53 Å². The molecular weight excluding hydrogens is 200 g/mol. The van der Waals surface area contributed by atoms with Gasteiger partial charge in [0, 0.05) is 19.6 Å². The summed E-state index contributed by atoms with van der Waals surface area (Å²) in [5.74, 6) is 0.285. The highest BCUT2D eigenvalue weighted by atomic mass is 32.1. The van der Waals surface area contributed by atoms with Crippen LogP contribution in [0.5, 0.6) is 0 Å². The molecule has 0 aliphatic carbocycles. The number of hydrogen-bond donors (Lipinski definition) is 2. The Kier molecular flexibility index (Phi) is 5.98. The Morgan fingerprint density at radius 2 is 2.14 bits per heavy atom. The van der Waals surface area contributed by atoms with Crippen LogP contribution in [0.1, 0.15) is 6.42 Å². The first kappa shape index (κ1) is 11.8. The molecule has 0 atom stereocenters. The van der Waals surface area contributed by atoms with Gasteiger partial charge in [-0.1, -0.05) is 0 Å². The third-order valence-corrected chi connectivity index (χ3v) is 2.51. The SMILES string of the molecule is O=C(CS)NCCCN1CCOCC1. The summed E-state index contributed by atoms with van der Waals surface area (Å²) in [5, 5.41) is 2.80.